The Morgan fingerprint density at radius 3 is 2.79 bits per heavy atom. The number of halogens is 1. The lowest BCUT2D eigenvalue weighted by Gasteiger charge is -2.20. The average Bonchev–Trinajstić information content (AvgIpc) is 3.05. The van der Waals surface area contributed by atoms with Gasteiger partial charge < -0.3 is 19.7 Å². The average molecular weight is 473 g/mol. The quantitative estimate of drug-likeness (QED) is 0.377. The Kier molecular flexibility index (Phi) is 6.49. The van der Waals surface area contributed by atoms with Crippen LogP contribution >= 0.6 is 11.6 Å². The Morgan fingerprint density at radius 1 is 1.29 bits per heavy atom. The minimum Gasteiger partial charge on any atom is -0.489 e. The lowest BCUT2D eigenvalue weighted by Crippen LogP contribution is -2.32. The van der Waals surface area contributed by atoms with E-state index >= 15 is 0 Å². The van der Waals surface area contributed by atoms with Crippen molar-refractivity contribution in [3.8, 4) is 23.1 Å². The number of rotatable bonds is 7. The van der Waals surface area contributed by atoms with Gasteiger partial charge in [0.2, 0.25) is 5.95 Å². The van der Waals surface area contributed by atoms with Gasteiger partial charge in [0.15, 0.2) is 0 Å². The number of hydrogen-bond acceptors (Lipinski definition) is 7. The van der Waals surface area contributed by atoms with Crippen molar-refractivity contribution in [2.24, 2.45) is 0 Å². The first-order chi connectivity index (χ1) is 16.2. The summed E-state index contributed by atoms with van der Waals surface area (Å²) < 4.78 is 5.88. The van der Waals surface area contributed by atoms with Crippen LogP contribution in [0, 0.1) is 11.3 Å². The first-order valence-corrected chi connectivity index (χ1v) is 11.3. The van der Waals surface area contributed by atoms with Crippen molar-refractivity contribution in [2.75, 3.05) is 16.7 Å². The van der Waals surface area contributed by atoms with Gasteiger partial charge in [0.25, 0.3) is 0 Å². The summed E-state index contributed by atoms with van der Waals surface area (Å²) in [5.41, 5.74) is 4.14. The molecule has 2 aromatic carbocycles. The van der Waals surface area contributed by atoms with Crippen LogP contribution in [0.5, 0.6) is 5.75 Å². The summed E-state index contributed by atoms with van der Waals surface area (Å²) >= 11 is 6.20. The maximum atomic E-state index is 11.1. The van der Waals surface area contributed by atoms with E-state index in [0.29, 0.717) is 40.2 Å². The van der Waals surface area contributed by atoms with E-state index in [4.69, 9.17) is 16.3 Å². The number of nitrogens with one attached hydrogen (secondary N) is 1. The Bertz CT molecular complexity index is 1290. The van der Waals surface area contributed by atoms with Gasteiger partial charge in [0, 0.05) is 34.4 Å². The maximum absolute atomic E-state index is 11.1. The van der Waals surface area contributed by atoms with Gasteiger partial charge in [-0.3, -0.25) is 0 Å². The molecule has 9 heteroatoms. The lowest BCUT2D eigenvalue weighted by atomic mass is 9.84. The maximum Gasteiger partial charge on any atom is 0.329 e. The van der Waals surface area contributed by atoms with Gasteiger partial charge in [-0.25, -0.2) is 9.97 Å². The van der Waals surface area contributed by atoms with E-state index < -0.39 is 0 Å². The number of benzene rings is 2. The van der Waals surface area contributed by atoms with Gasteiger partial charge >= 0.3 is 7.41 Å². The largest absolute Gasteiger partial charge is 0.489 e. The van der Waals surface area contributed by atoms with E-state index in [-0.39, 0.29) is 11.5 Å². The monoisotopic (exact) mass is 472 g/mol. The highest BCUT2D eigenvalue weighted by molar-refractivity contribution is 6.70. The molecule has 0 amide bonds. The van der Waals surface area contributed by atoms with E-state index in [1.165, 1.54) is 7.41 Å². The van der Waals surface area contributed by atoms with Crippen LogP contribution in [0.3, 0.4) is 0 Å². The second-order valence-electron chi connectivity index (χ2n) is 9.03. The minimum absolute atomic E-state index is 0.0100. The zero-order chi connectivity index (χ0) is 24.5. The summed E-state index contributed by atoms with van der Waals surface area (Å²) in [6.45, 7) is 8.70. The molecule has 4 rings (SSSR count). The molecule has 1 aliphatic heterocycles. The third-order valence-electron chi connectivity index (χ3n) is 5.56. The highest BCUT2D eigenvalue weighted by Gasteiger charge is 2.37. The predicted molar refractivity (Wildman–Crippen MR) is 136 cm³/mol. The number of nitriles is 1. The molecule has 0 saturated heterocycles. The van der Waals surface area contributed by atoms with Crippen molar-refractivity contribution >= 4 is 42.5 Å². The zero-order valence-corrected chi connectivity index (χ0v) is 20.2. The van der Waals surface area contributed by atoms with Crippen LogP contribution in [0.2, 0.25) is 5.02 Å². The molecule has 0 aliphatic carbocycles. The first kappa shape index (κ1) is 23.6. The molecule has 0 bridgehead atoms. The van der Waals surface area contributed by atoms with E-state index in [9.17, 15) is 10.1 Å². The van der Waals surface area contributed by atoms with Crippen LogP contribution in [0.25, 0.3) is 11.3 Å². The van der Waals surface area contributed by atoms with Crippen LogP contribution in [0.15, 0.2) is 42.6 Å². The van der Waals surface area contributed by atoms with E-state index in [1.54, 1.807) is 36.5 Å². The molecule has 0 fully saturated rings. The van der Waals surface area contributed by atoms with Gasteiger partial charge in [-0.05, 0) is 55.8 Å². The molecular formula is C25H24BClN5O2. The fourth-order valence-electron chi connectivity index (χ4n) is 4.14. The fraction of sp³-hybridized carbons (Fsp3) is 0.280. The van der Waals surface area contributed by atoms with Gasteiger partial charge in [0.05, 0.1) is 23.0 Å². The molecule has 1 radical (unpaired) electrons. The Balaban J connectivity index is 1.73. The Hall–Kier alpha value is -3.57. The second kappa shape index (κ2) is 9.36. The molecule has 171 valence electrons. The smallest absolute Gasteiger partial charge is 0.329 e. The topological polar surface area (TPSA) is 91.1 Å². The predicted octanol–water partition coefficient (Wildman–Crippen LogP) is 5.11. The van der Waals surface area contributed by atoms with Crippen LogP contribution in [0.4, 0.5) is 17.3 Å². The van der Waals surface area contributed by atoms with Gasteiger partial charge in [-0.15, -0.1) is 0 Å². The van der Waals surface area contributed by atoms with Crippen molar-refractivity contribution in [3.63, 3.8) is 0 Å². The number of aromatic nitrogens is 2. The van der Waals surface area contributed by atoms with Crippen LogP contribution in [0.1, 0.15) is 38.8 Å². The third-order valence-corrected chi connectivity index (χ3v) is 5.79. The van der Waals surface area contributed by atoms with Crippen molar-refractivity contribution in [1.82, 2.24) is 9.97 Å². The summed E-state index contributed by atoms with van der Waals surface area (Å²) in [7, 11) is 1.47. The molecule has 7 nitrogen and oxygen atoms in total. The number of anilines is 3. The molecule has 1 aliphatic rings. The Labute approximate surface area is 205 Å². The third kappa shape index (κ3) is 4.71. The van der Waals surface area contributed by atoms with Gasteiger partial charge in [-0.1, -0.05) is 25.4 Å². The molecule has 3 aromatic rings. The first-order valence-electron chi connectivity index (χ1n) is 10.9. The van der Waals surface area contributed by atoms with Crippen molar-refractivity contribution in [2.45, 2.75) is 39.2 Å². The van der Waals surface area contributed by atoms with Crippen LogP contribution in [-0.4, -0.2) is 36.2 Å². The van der Waals surface area contributed by atoms with Crippen molar-refractivity contribution in [1.29, 1.82) is 5.26 Å². The van der Waals surface area contributed by atoms with E-state index in [0.717, 1.165) is 23.0 Å². The second-order valence-corrected chi connectivity index (χ2v) is 9.46. The molecule has 0 atom stereocenters. The summed E-state index contributed by atoms with van der Waals surface area (Å²) in [5, 5.41) is 13.6. The molecule has 0 saturated carbocycles. The summed E-state index contributed by atoms with van der Waals surface area (Å²) in [5.74, 6) is 1.02. The standard InChI is InChI=1S/C25H24BClN5O2/c1-15(2)34-22-6-5-18(27)11-21(22)31-24-29-8-7-20(30-24)16-9-17(12-28)23-19(10-16)25(3,4)13-32(23)26-14-33/h5-11,14-15H,13H2,1-4H3,(H,29,30,31). The molecule has 1 N–H and O–H groups in total. The molecule has 0 unspecified atom stereocenters. The number of nitrogens with zero attached hydrogens (tertiary/aromatic N) is 4. The summed E-state index contributed by atoms with van der Waals surface area (Å²) in [6, 6.07) is 13.2. The van der Waals surface area contributed by atoms with Crippen LogP contribution < -0.4 is 14.9 Å². The summed E-state index contributed by atoms with van der Waals surface area (Å²) in [4.78, 5) is 22.0. The minimum atomic E-state index is -0.242. The van der Waals surface area contributed by atoms with Crippen molar-refractivity contribution in [3.05, 3.63) is 58.7 Å². The highest BCUT2D eigenvalue weighted by Crippen LogP contribution is 2.44. The van der Waals surface area contributed by atoms with Crippen LogP contribution in [-0.2, 0) is 10.2 Å². The van der Waals surface area contributed by atoms with E-state index in [2.05, 4.69) is 35.2 Å². The number of hydrogen-bond donors (Lipinski definition) is 1. The lowest BCUT2D eigenvalue weighted by molar-refractivity contribution is 0.244. The molecular weight excluding hydrogens is 449 g/mol. The van der Waals surface area contributed by atoms with E-state index in [1.807, 2.05) is 24.7 Å². The Morgan fingerprint density at radius 2 is 2.09 bits per heavy atom. The summed E-state index contributed by atoms with van der Waals surface area (Å²) in [6.07, 6.45) is 2.40. The van der Waals surface area contributed by atoms with Gasteiger partial charge in [0.1, 0.15) is 18.0 Å². The molecule has 34 heavy (non-hydrogen) atoms. The normalized spacial score (nSPS) is 13.9. The number of carbonyl (C=O) groups excluding carboxylic acids is 1. The highest BCUT2D eigenvalue weighted by atomic mass is 35.5. The fourth-order valence-corrected chi connectivity index (χ4v) is 4.31. The SMILES string of the molecule is CC(C)Oc1ccc(Cl)cc1Nc1nccc(-c2cc(C#N)c3c(c2)C(C)(C)CN3[B]C=O)n1. The number of carbonyl (C=O) groups is 1. The van der Waals surface area contributed by atoms with Crippen molar-refractivity contribution < 1.29 is 9.53 Å². The number of fused-ring (bicyclic) bond motifs is 1. The molecule has 2 heterocycles. The van der Waals surface area contributed by atoms with Gasteiger partial charge in [-0.2, -0.15) is 5.26 Å². The number of ether oxygens (including phenoxy) is 1. The zero-order valence-electron chi connectivity index (χ0n) is 19.5. The molecule has 0 spiro atoms. The molecule has 1 aromatic heterocycles.